The number of hydrogen-bond acceptors (Lipinski definition) is 10. The Kier molecular flexibility index (Phi) is 7.99. The minimum Gasteiger partial charge on any atom is -0.474 e. The van der Waals surface area contributed by atoms with Crippen molar-refractivity contribution in [2.45, 2.75) is 37.7 Å². The second-order valence-corrected chi connectivity index (χ2v) is 10.8. The van der Waals surface area contributed by atoms with E-state index < -0.39 is 32.7 Å². The lowest BCUT2D eigenvalue weighted by Gasteiger charge is -2.30. The zero-order chi connectivity index (χ0) is 29.1. The summed E-state index contributed by atoms with van der Waals surface area (Å²) in [5.41, 5.74) is 1.77. The lowest BCUT2D eigenvalue weighted by molar-refractivity contribution is -0.146. The number of hydrogen-bond donors (Lipinski definition) is 2. The first-order valence-corrected chi connectivity index (χ1v) is 14.2. The molecule has 0 radical (unpaired) electrons. The van der Waals surface area contributed by atoms with Crippen molar-refractivity contribution < 1.29 is 36.3 Å². The number of fused-ring (bicyclic) bond motifs is 1. The van der Waals surface area contributed by atoms with Crippen molar-refractivity contribution in [1.82, 2.24) is 25.2 Å². The molecular formula is C26H26F2N6O6S. The molecule has 0 spiro atoms. The molecule has 0 unspecified atom stereocenters. The molecule has 5 rings (SSSR count). The number of aromatic amines is 1. The molecule has 1 aliphatic rings. The number of benzene rings is 2. The molecule has 1 fully saturated rings. The van der Waals surface area contributed by atoms with Gasteiger partial charge in [-0.3, -0.25) is 9.82 Å². The van der Waals surface area contributed by atoms with Gasteiger partial charge in [0.25, 0.3) is 10.0 Å². The predicted octanol–water partition coefficient (Wildman–Crippen LogP) is 4.34. The summed E-state index contributed by atoms with van der Waals surface area (Å²) in [5.74, 6) is -1.34. The van der Waals surface area contributed by atoms with E-state index in [1.807, 2.05) is 6.92 Å². The zero-order valence-electron chi connectivity index (χ0n) is 22.1. The molecule has 41 heavy (non-hydrogen) atoms. The first kappa shape index (κ1) is 28.2. The van der Waals surface area contributed by atoms with Crippen LogP contribution in [0.2, 0.25) is 0 Å². The van der Waals surface area contributed by atoms with Crippen molar-refractivity contribution >= 4 is 32.9 Å². The lowest BCUT2D eigenvalue weighted by Crippen LogP contribution is -2.39. The SMILES string of the molecule is CCOC(=O)ON1CCC(Oc2nc(-c3ccc(NS(=O)(=O)c4cc(F)ccc4F)cc3)nc3n[nH]c(C)c23)CC1. The van der Waals surface area contributed by atoms with E-state index in [1.54, 1.807) is 19.1 Å². The second kappa shape index (κ2) is 11.6. The number of carbonyl (C=O) groups excluding carboxylic acids is 1. The molecule has 2 N–H and O–H groups in total. The number of aromatic nitrogens is 4. The Labute approximate surface area is 233 Å². The van der Waals surface area contributed by atoms with Crippen molar-refractivity contribution in [2.24, 2.45) is 0 Å². The summed E-state index contributed by atoms with van der Waals surface area (Å²) in [7, 11) is -4.38. The monoisotopic (exact) mass is 588 g/mol. The fourth-order valence-electron chi connectivity index (χ4n) is 4.27. The zero-order valence-corrected chi connectivity index (χ0v) is 22.9. The lowest BCUT2D eigenvalue weighted by atomic mass is 10.1. The Balaban J connectivity index is 1.33. The van der Waals surface area contributed by atoms with Crippen LogP contribution in [-0.2, 0) is 19.6 Å². The quantitative estimate of drug-likeness (QED) is 0.285. The molecule has 1 saturated heterocycles. The Morgan fingerprint density at radius 1 is 1.12 bits per heavy atom. The van der Waals surface area contributed by atoms with Gasteiger partial charge in [-0.1, -0.05) is 0 Å². The van der Waals surface area contributed by atoms with Gasteiger partial charge in [0.15, 0.2) is 11.5 Å². The highest BCUT2D eigenvalue weighted by Gasteiger charge is 2.26. The summed E-state index contributed by atoms with van der Waals surface area (Å²) in [6.07, 6.45) is 0.177. The van der Waals surface area contributed by atoms with Gasteiger partial charge in [0, 0.05) is 42.9 Å². The molecule has 0 saturated carbocycles. The number of nitrogens with zero attached hydrogens (tertiary/aromatic N) is 4. The number of piperidine rings is 1. The Hall–Kier alpha value is -4.37. The van der Waals surface area contributed by atoms with Crippen LogP contribution in [0.25, 0.3) is 22.4 Å². The summed E-state index contributed by atoms with van der Waals surface area (Å²) in [6, 6.07) is 8.25. The standard InChI is InChI=1S/C26H26F2N6O6S/c1-3-38-26(35)40-34-12-10-19(11-13-34)39-25-22-15(2)31-32-24(22)29-23(30-25)16-4-7-18(8-5-16)33-41(36,37)21-14-17(27)6-9-20(21)28/h4-9,14,19,33H,3,10-13H2,1-2H3,(H,29,30,31,32). The van der Waals surface area contributed by atoms with E-state index in [9.17, 15) is 22.0 Å². The largest absolute Gasteiger partial charge is 0.527 e. The second-order valence-electron chi connectivity index (χ2n) is 9.18. The van der Waals surface area contributed by atoms with E-state index in [4.69, 9.17) is 14.3 Å². The van der Waals surface area contributed by atoms with E-state index >= 15 is 0 Å². The molecule has 1 aliphatic heterocycles. The van der Waals surface area contributed by atoms with Crippen LogP contribution in [0, 0.1) is 18.6 Å². The Bertz CT molecular complexity index is 1670. The van der Waals surface area contributed by atoms with Gasteiger partial charge in [-0.15, -0.1) is 5.06 Å². The number of sulfonamides is 1. The summed E-state index contributed by atoms with van der Waals surface area (Å²) < 4.78 is 66.1. The number of carbonyl (C=O) groups is 1. The van der Waals surface area contributed by atoms with Crippen molar-refractivity contribution in [3.8, 4) is 17.3 Å². The summed E-state index contributed by atoms with van der Waals surface area (Å²) >= 11 is 0. The number of hydroxylamine groups is 2. The maximum atomic E-state index is 14.0. The maximum Gasteiger partial charge on any atom is 0.527 e. The molecule has 0 aliphatic carbocycles. The molecule has 0 bridgehead atoms. The average Bonchev–Trinajstić information content (AvgIpc) is 3.32. The smallest absolute Gasteiger partial charge is 0.474 e. The van der Waals surface area contributed by atoms with Gasteiger partial charge in [0.1, 0.15) is 28.0 Å². The van der Waals surface area contributed by atoms with Gasteiger partial charge in [-0.05, 0) is 56.3 Å². The molecular weight excluding hydrogens is 562 g/mol. The van der Waals surface area contributed by atoms with Crippen LogP contribution < -0.4 is 9.46 Å². The molecule has 216 valence electrons. The molecule has 4 aromatic rings. The highest BCUT2D eigenvalue weighted by atomic mass is 32.2. The minimum absolute atomic E-state index is 0.127. The van der Waals surface area contributed by atoms with E-state index in [0.29, 0.717) is 54.5 Å². The number of ether oxygens (including phenoxy) is 2. The normalized spacial score (nSPS) is 14.6. The maximum absolute atomic E-state index is 14.0. The fourth-order valence-corrected chi connectivity index (χ4v) is 5.42. The van der Waals surface area contributed by atoms with E-state index in [-0.39, 0.29) is 24.2 Å². The van der Waals surface area contributed by atoms with E-state index in [0.717, 1.165) is 17.8 Å². The molecule has 2 aromatic heterocycles. The van der Waals surface area contributed by atoms with Crippen LogP contribution >= 0.6 is 0 Å². The van der Waals surface area contributed by atoms with Gasteiger partial charge in [0.05, 0.1) is 6.61 Å². The van der Waals surface area contributed by atoms with Crippen LogP contribution in [0.3, 0.4) is 0 Å². The van der Waals surface area contributed by atoms with Crippen LogP contribution in [0.1, 0.15) is 25.5 Å². The van der Waals surface area contributed by atoms with Crippen molar-refractivity contribution in [3.05, 3.63) is 59.8 Å². The topological polar surface area (TPSA) is 149 Å². The van der Waals surface area contributed by atoms with Crippen LogP contribution in [0.5, 0.6) is 5.88 Å². The van der Waals surface area contributed by atoms with Crippen LogP contribution in [-0.4, -0.2) is 65.6 Å². The first-order chi connectivity index (χ1) is 19.6. The molecule has 3 heterocycles. The average molecular weight is 589 g/mol. The summed E-state index contributed by atoms with van der Waals surface area (Å²) in [5, 5.41) is 9.28. The first-order valence-electron chi connectivity index (χ1n) is 12.7. The number of rotatable bonds is 8. The Morgan fingerprint density at radius 3 is 2.56 bits per heavy atom. The molecule has 0 amide bonds. The van der Waals surface area contributed by atoms with Crippen molar-refractivity contribution in [3.63, 3.8) is 0 Å². The van der Waals surface area contributed by atoms with Crippen LogP contribution in [0.4, 0.5) is 19.3 Å². The minimum atomic E-state index is -4.38. The predicted molar refractivity (Wildman–Crippen MR) is 142 cm³/mol. The van der Waals surface area contributed by atoms with Gasteiger partial charge in [-0.2, -0.15) is 10.1 Å². The van der Waals surface area contributed by atoms with Crippen molar-refractivity contribution in [2.75, 3.05) is 24.4 Å². The molecule has 12 nitrogen and oxygen atoms in total. The molecule has 0 atom stereocenters. The van der Waals surface area contributed by atoms with E-state index in [2.05, 4.69) is 24.9 Å². The van der Waals surface area contributed by atoms with Crippen LogP contribution in [0.15, 0.2) is 47.4 Å². The summed E-state index contributed by atoms with van der Waals surface area (Å²) in [4.78, 5) is 25.1. The molecule has 15 heteroatoms. The number of H-pyrrole nitrogens is 1. The number of aryl methyl sites for hydroxylation is 1. The third-order valence-electron chi connectivity index (χ3n) is 6.28. The Morgan fingerprint density at radius 2 is 1.85 bits per heavy atom. The highest BCUT2D eigenvalue weighted by molar-refractivity contribution is 7.92. The van der Waals surface area contributed by atoms with Gasteiger partial charge >= 0.3 is 6.16 Å². The number of halogens is 2. The fraction of sp³-hybridized carbons (Fsp3) is 0.308. The van der Waals surface area contributed by atoms with Gasteiger partial charge in [-0.25, -0.2) is 27.0 Å². The third-order valence-corrected chi connectivity index (χ3v) is 7.68. The third kappa shape index (κ3) is 6.36. The van der Waals surface area contributed by atoms with Crippen molar-refractivity contribution in [1.29, 1.82) is 0 Å². The number of nitrogens with one attached hydrogen (secondary N) is 2. The summed E-state index contributed by atoms with van der Waals surface area (Å²) in [6.45, 7) is 4.64. The molecule has 2 aromatic carbocycles. The van der Waals surface area contributed by atoms with E-state index in [1.165, 1.54) is 17.2 Å². The number of anilines is 1. The van der Waals surface area contributed by atoms with Gasteiger partial charge in [0.2, 0.25) is 5.88 Å². The highest BCUT2D eigenvalue weighted by Crippen LogP contribution is 2.31. The van der Waals surface area contributed by atoms with Gasteiger partial charge < -0.3 is 14.3 Å².